The molecule has 0 radical (unpaired) electrons. The molecule has 0 aliphatic heterocycles. The monoisotopic (exact) mass is 442 g/mol. The molecule has 28 heavy (non-hydrogen) atoms. The lowest BCUT2D eigenvalue weighted by molar-refractivity contribution is -0.384. The SMILES string of the molecule is CN(CP(=O)(O)Oc1ccc([N+](=O)[O-])cc1)S(=O)(=O)c1scc2ccccc12. The van der Waals surface area contributed by atoms with Gasteiger partial charge >= 0.3 is 7.60 Å². The van der Waals surface area contributed by atoms with Crippen molar-refractivity contribution in [2.24, 2.45) is 0 Å². The Morgan fingerprint density at radius 2 is 1.86 bits per heavy atom. The van der Waals surface area contributed by atoms with Gasteiger partial charge in [0.2, 0.25) is 0 Å². The first-order valence-corrected chi connectivity index (χ1v) is 11.9. The largest absolute Gasteiger partial charge is 0.424 e. The molecule has 0 saturated carbocycles. The Balaban J connectivity index is 1.79. The molecule has 9 nitrogen and oxygen atoms in total. The van der Waals surface area contributed by atoms with Crippen molar-refractivity contribution < 1.29 is 27.3 Å². The molecule has 1 heterocycles. The smallest absolute Gasteiger partial charge is 0.391 e. The Kier molecular flexibility index (Phi) is 5.55. The second kappa shape index (κ2) is 7.61. The summed E-state index contributed by atoms with van der Waals surface area (Å²) in [7, 11) is -7.22. The molecule has 0 spiro atoms. The van der Waals surface area contributed by atoms with Crippen LogP contribution in [-0.2, 0) is 14.6 Å². The Morgan fingerprint density at radius 3 is 2.50 bits per heavy atom. The summed E-state index contributed by atoms with van der Waals surface area (Å²) in [4.78, 5) is 20.1. The number of nitro benzene ring substituents is 1. The van der Waals surface area contributed by atoms with Crippen LogP contribution in [0, 0.1) is 10.1 Å². The minimum atomic E-state index is -4.39. The van der Waals surface area contributed by atoms with Gasteiger partial charge in [0.25, 0.3) is 15.7 Å². The van der Waals surface area contributed by atoms with Crippen LogP contribution in [0.1, 0.15) is 0 Å². The van der Waals surface area contributed by atoms with Gasteiger partial charge in [0, 0.05) is 24.6 Å². The number of rotatable bonds is 7. The Labute approximate surface area is 164 Å². The number of thiophene rings is 1. The summed E-state index contributed by atoms with van der Waals surface area (Å²) in [5, 5.41) is 13.6. The molecule has 0 aliphatic carbocycles. The third kappa shape index (κ3) is 4.23. The van der Waals surface area contributed by atoms with Gasteiger partial charge in [-0.3, -0.25) is 10.1 Å². The number of nitrogens with zero attached hydrogens (tertiary/aromatic N) is 2. The molecule has 1 aromatic heterocycles. The molecular formula is C16H15N2O7PS2. The van der Waals surface area contributed by atoms with E-state index >= 15 is 0 Å². The zero-order chi connectivity index (χ0) is 20.5. The lowest BCUT2D eigenvalue weighted by Gasteiger charge is -2.20. The van der Waals surface area contributed by atoms with Gasteiger partial charge < -0.3 is 9.42 Å². The van der Waals surface area contributed by atoms with Crippen molar-refractivity contribution in [3.8, 4) is 5.75 Å². The van der Waals surface area contributed by atoms with Crippen molar-refractivity contribution in [2.45, 2.75) is 4.21 Å². The maximum Gasteiger partial charge on any atom is 0.391 e. The lowest BCUT2D eigenvalue weighted by Crippen LogP contribution is -2.28. The van der Waals surface area contributed by atoms with E-state index in [1.807, 2.05) is 0 Å². The van der Waals surface area contributed by atoms with Gasteiger partial charge in [-0.05, 0) is 22.9 Å². The van der Waals surface area contributed by atoms with Crippen LogP contribution < -0.4 is 4.52 Å². The van der Waals surface area contributed by atoms with Crippen LogP contribution in [0.2, 0.25) is 0 Å². The standard InChI is InChI=1S/C16H15N2O7PS2/c1-17(28(23,24)16-15-5-3-2-4-12(15)10-27-16)11-26(21,22)25-14-8-6-13(7-9-14)18(19)20/h2-10H,11H2,1H3,(H,21,22). The number of non-ortho nitro benzene ring substituents is 1. The fourth-order valence-corrected chi connectivity index (χ4v) is 7.03. The molecule has 0 fully saturated rings. The maximum absolute atomic E-state index is 12.8. The predicted molar refractivity (Wildman–Crippen MR) is 105 cm³/mol. The summed E-state index contributed by atoms with van der Waals surface area (Å²) in [5.74, 6) is -0.0798. The first kappa shape index (κ1) is 20.4. The molecule has 0 amide bonds. The van der Waals surface area contributed by atoms with Crippen molar-refractivity contribution in [1.29, 1.82) is 0 Å². The van der Waals surface area contributed by atoms with E-state index in [9.17, 15) is 28.0 Å². The van der Waals surface area contributed by atoms with Crippen LogP contribution in [0.15, 0.2) is 58.1 Å². The summed E-state index contributed by atoms with van der Waals surface area (Å²) >= 11 is 1.03. The van der Waals surface area contributed by atoms with Crippen LogP contribution in [0.3, 0.4) is 0 Å². The normalized spacial score (nSPS) is 14.1. The molecule has 1 unspecified atom stereocenters. The first-order chi connectivity index (χ1) is 13.1. The van der Waals surface area contributed by atoms with Crippen molar-refractivity contribution in [2.75, 3.05) is 13.3 Å². The molecule has 3 rings (SSSR count). The molecule has 0 bridgehead atoms. The summed E-state index contributed by atoms with van der Waals surface area (Å²) in [6.45, 7) is 0. The van der Waals surface area contributed by atoms with E-state index in [-0.39, 0.29) is 15.6 Å². The van der Waals surface area contributed by atoms with Gasteiger partial charge in [-0.2, -0.15) is 4.31 Å². The third-order valence-electron chi connectivity index (χ3n) is 3.79. The second-order valence-corrected chi connectivity index (χ2v) is 10.7. The lowest BCUT2D eigenvalue weighted by atomic mass is 10.2. The topological polar surface area (TPSA) is 127 Å². The molecule has 3 aromatic rings. The number of fused-ring (bicyclic) bond motifs is 1. The van der Waals surface area contributed by atoms with Gasteiger partial charge in [0.05, 0.1) is 4.92 Å². The number of sulfonamides is 1. The van der Waals surface area contributed by atoms with Crippen molar-refractivity contribution in [3.05, 3.63) is 64.0 Å². The van der Waals surface area contributed by atoms with E-state index in [1.54, 1.807) is 29.6 Å². The van der Waals surface area contributed by atoms with Crippen LogP contribution >= 0.6 is 18.9 Å². The molecule has 2 aromatic carbocycles. The Bertz CT molecular complexity index is 1180. The van der Waals surface area contributed by atoms with Crippen LogP contribution in [0.4, 0.5) is 5.69 Å². The van der Waals surface area contributed by atoms with E-state index < -0.39 is 28.8 Å². The fourth-order valence-electron chi connectivity index (χ4n) is 2.46. The first-order valence-electron chi connectivity index (χ1n) is 7.78. The van der Waals surface area contributed by atoms with Gasteiger partial charge in [-0.15, -0.1) is 11.3 Å². The molecule has 148 valence electrons. The highest BCUT2D eigenvalue weighted by Crippen LogP contribution is 2.44. The third-order valence-corrected chi connectivity index (χ3v) is 8.63. The van der Waals surface area contributed by atoms with E-state index in [0.29, 0.717) is 5.39 Å². The van der Waals surface area contributed by atoms with E-state index in [1.165, 1.54) is 19.2 Å². The minimum Gasteiger partial charge on any atom is -0.424 e. The molecule has 1 atom stereocenters. The molecule has 0 aliphatic rings. The second-order valence-electron chi connectivity index (χ2n) is 5.83. The number of benzene rings is 2. The van der Waals surface area contributed by atoms with Crippen LogP contribution in [-0.4, -0.2) is 35.9 Å². The van der Waals surface area contributed by atoms with E-state index in [2.05, 4.69) is 0 Å². The van der Waals surface area contributed by atoms with E-state index in [4.69, 9.17) is 4.52 Å². The fraction of sp³-hybridized carbons (Fsp3) is 0.125. The van der Waals surface area contributed by atoms with Crippen molar-refractivity contribution in [1.82, 2.24) is 4.31 Å². The van der Waals surface area contributed by atoms with Crippen LogP contribution in [0.25, 0.3) is 10.8 Å². The average Bonchev–Trinajstić information content (AvgIpc) is 3.06. The highest BCUT2D eigenvalue weighted by molar-refractivity contribution is 7.91. The zero-order valence-electron chi connectivity index (χ0n) is 14.5. The highest BCUT2D eigenvalue weighted by Gasteiger charge is 2.32. The van der Waals surface area contributed by atoms with Gasteiger partial charge in [0.1, 0.15) is 16.2 Å². The summed E-state index contributed by atoms with van der Waals surface area (Å²) in [6, 6.07) is 11.5. The summed E-state index contributed by atoms with van der Waals surface area (Å²) in [5.41, 5.74) is -0.204. The van der Waals surface area contributed by atoms with Gasteiger partial charge in [0.15, 0.2) is 0 Å². The van der Waals surface area contributed by atoms with Crippen molar-refractivity contribution in [3.63, 3.8) is 0 Å². The van der Waals surface area contributed by atoms with Crippen LogP contribution in [0.5, 0.6) is 5.75 Å². The quantitative estimate of drug-likeness (QED) is 0.336. The van der Waals surface area contributed by atoms with Crippen molar-refractivity contribution >= 4 is 45.4 Å². The Hall–Kier alpha value is -2.30. The summed E-state index contributed by atoms with van der Waals surface area (Å²) in [6.07, 6.45) is -0.779. The molecule has 0 saturated heterocycles. The number of hydrogen-bond acceptors (Lipinski definition) is 7. The zero-order valence-corrected chi connectivity index (χ0v) is 17.0. The molecular weight excluding hydrogens is 427 g/mol. The predicted octanol–water partition coefficient (Wildman–Crippen LogP) is 3.65. The average molecular weight is 442 g/mol. The highest BCUT2D eigenvalue weighted by atomic mass is 32.2. The number of nitro groups is 1. The minimum absolute atomic E-state index is 0.0703. The van der Waals surface area contributed by atoms with Gasteiger partial charge in [-0.1, -0.05) is 24.3 Å². The van der Waals surface area contributed by atoms with Gasteiger partial charge in [-0.25, -0.2) is 13.0 Å². The Morgan fingerprint density at radius 1 is 1.21 bits per heavy atom. The van der Waals surface area contributed by atoms with E-state index in [0.717, 1.165) is 33.2 Å². The maximum atomic E-state index is 12.8. The summed E-state index contributed by atoms with van der Waals surface area (Å²) < 4.78 is 43.9. The molecule has 1 N–H and O–H groups in total. The molecule has 12 heteroatoms. The number of hydrogen-bond donors (Lipinski definition) is 1.